The number of carbonyl (C=O) groups is 1. The van der Waals surface area contributed by atoms with Gasteiger partial charge in [-0.3, -0.25) is 14.5 Å². The first-order valence-electron chi connectivity index (χ1n) is 10.9. The standard InChI is InChI=1S/C25H21ClN6O/c26-20-5-3-17-7-8-27-23(22(17)9-20)11-28-25(33)19-10-29-32(13-19)15-21-14-31-12-18(16-1-2-16)4-6-24(31)30-21/h3-10,12-14,16H,1-2,11,15H2,(H,28,33). The first kappa shape index (κ1) is 19.9. The highest BCUT2D eigenvalue weighted by Crippen LogP contribution is 2.39. The Hall–Kier alpha value is -3.71. The van der Waals surface area contributed by atoms with Gasteiger partial charge in [-0.15, -0.1) is 0 Å². The van der Waals surface area contributed by atoms with Crippen LogP contribution in [0.3, 0.4) is 0 Å². The summed E-state index contributed by atoms with van der Waals surface area (Å²) in [6, 6.07) is 11.8. The summed E-state index contributed by atoms with van der Waals surface area (Å²) in [6.07, 6.45) is 11.8. The molecule has 0 saturated heterocycles. The van der Waals surface area contributed by atoms with Crippen molar-refractivity contribution in [3.63, 3.8) is 0 Å². The van der Waals surface area contributed by atoms with Gasteiger partial charge in [0.1, 0.15) is 5.65 Å². The predicted molar refractivity (Wildman–Crippen MR) is 126 cm³/mol. The number of hydrogen-bond donors (Lipinski definition) is 1. The van der Waals surface area contributed by atoms with Gasteiger partial charge in [-0.25, -0.2) is 4.98 Å². The molecular weight excluding hydrogens is 436 g/mol. The second-order valence-electron chi connectivity index (χ2n) is 8.47. The maximum Gasteiger partial charge on any atom is 0.254 e. The Labute approximate surface area is 195 Å². The van der Waals surface area contributed by atoms with Crippen molar-refractivity contribution in [1.29, 1.82) is 0 Å². The van der Waals surface area contributed by atoms with Crippen molar-refractivity contribution >= 4 is 33.9 Å². The van der Waals surface area contributed by atoms with Gasteiger partial charge in [-0.1, -0.05) is 23.7 Å². The van der Waals surface area contributed by atoms with Crippen molar-refractivity contribution in [1.82, 2.24) is 29.5 Å². The molecule has 0 spiro atoms. The SMILES string of the molecule is O=C(NCc1nccc2ccc(Cl)cc12)c1cnn(Cc2cn3cc(C4CC4)ccc3n2)c1. The van der Waals surface area contributed by atoms with Crippen LogP contribution in [0.5, 0.6) is 0 Å². The Morgan fingerprint density at radius 1 is 1.12 bits per heavy atom. The Morgan fingerprint density at radius 2 is 2.03 bits per heavy atom. The van der Waals surface area contributed by atoms with Crippen molar-refractivity contribution in [2.24, 2.45) is 0 Å². The van der Waals surface area contributed by atoms with E-state index in [1.54, 1.807) is 23.3 Å². The number of imidazole rings is 1. The van der Waals surface area contributed by atoms with Gasteiger partial charge in [0.25, 0.3) is 5.91 Å². The number of amides is 1. The monoisotopic (exact) mass is 456 g/mol. The number of pyridine rings is 2. The Morgan fingerprint density at radius 3 is 2.91 bits per heavy atom. The molecule has 7 nitrogen and oxygen atoms in total. The van der Waals surface area contributed by atoms with Gasteiger partial charge in [0.15, 0.2) is 0 Å². The number of fused-ring (bicyclic) bond motifs is 2. The summed E-state index contributed by atoms with van der Waals surface area (Å²) in [5, 5.41) is 9.88. The van der Waals surface area contributed by atoms with E-state index in [9.17, 15) is 4.79 Å². The zero-order valence-electron chi connectivity index (χ0n) is 17.8. The fourth-order valence-electron chi connectivity index (χ4n) is 4.14. The van der Waals surface area contributed by atoms with Gasteiger partial charge >= 0.3 is 0 Å². The van der Waals surface area contributed by atoms with E-state index in [-0.39, 0.29) is 5.91 Å². The van der Waals surface area contributed by atoms with Crippen LogP contribution in [0.25, 0.3) is 16.4 Å². The van der Waals surface area contributed by atoms with Crippen LogP contribution < -0.4 is 5.32 Å². The van der Waals surface area contributed by atoms with E-state index in [2.05, 4.69) is 43.1 Å². The topological polar surface area (TPSA) is 77.1 Å². The van der Waals surface area contributed by atoms with Crippen LogP contribution >= 0.6 is 11.6 Å². The van der Waals surface area contributed by atoms with Crippen molar-refractivity contribution in [3.05, 3.63) is 94.9 Å². The highest BCUT2D eigenvalue weighted by molar-refractivity contribution is 6.31. The number of halogens is 1. The summed E-state index contributed by atoms with van der Waals surface area (Å²) in [6.45, 7) is 0.800. The van der Waals surface area contributed by atoms with Crippen molar-refractivity contribution < 1.29 is 4.79 Å². The Balaban J connectivity index is 1.14. The molecule has 1 aromatic carbocycles. The Bertz CT molecular complexity index is 1500. The highest BCUT2D eigenvalue weighted by atomic mass is 35.5. The number of benzene rings is 1. The van der Waals surface area contributed by atoms with E-state index in [0.717, 1.165) is 27.8 Å². The number of carbonyl (C=O) groups excluding carboxylic acids is 1. The molecule has 164 valence electrons. The second kappa shape index (κ2) is 8.01. The van der Waals surface area contributed by atoms with E-state index < -0.39 is 0 Å². The summed E-state index contributed by atoms with van der Waals surface area (Å²) < 4.78 is 3.80. The molecule has 4 heterocycles. The van der Waals surface area contributed by atoms with Crippen molar-refractivity contribution in [2.45, 2.75) is 31.8 Å². The van der Waals surface area contributed by atoms with Crippen LogP contribution in [0.15, 0.2) is 67.4 Å². The number of aromatic nitrogens is 5. The van der Waals surface area contributed by atoms with E-state index in [4.69, 9.17) is 11.6 Å². The average molecular weight is 457 g/mol. The summed E-state index contributed by atoms with van der Waals surface area (Å²) in [4.78, 5) is 21.8. The van der Waals surface area contributed by atoms with E-state index in [1.807, 2.05) is 30.5 Å². The van der Waals surface area contributed by atoms with Gasteiger partial charge in [0, 0.05) is 35.2 Å². The molecule has 1 N–H and O–H groups in total. The fourth-order valence-corrected chi connectivity index (χ4v) is 4.31. The molecule has 0 unspecified atom stereocenters. The minimum Gasteiger partial charge on any atom is -0.346 e. The van der Waals surface area contributed by atoms with Crippen molar-refractivity contribution in [3.8, 4) is 0 Å². The maximum atomic E-state index is 12.7. The Kier molecular flexibility index (Phi) is 4.84. The molecule has 5 aromatic rings. The zero-order chi connectivity index (χ0) is 22.4. The molecule has 0 bridgehead atoms. The quantitative estimate of drug-likeness (QED) is 0.405. The van der Waals surface area contributed by atoms with Crippen LogP contribution in [-0.4, -0.2) is 30.1 Å². The lowest BCUT2D eigenvalue weighted by molar-refractivity contribution is 0.0950. The van der Waals surface area contributed by atoms with Crippen LogP contribution in [0, 0.1) is 0 Å². The highest BCUT2D eigenvalue weighted by Gasteiger charge is 2.23. The van der Waals surface area contributed by atoms with E-state index >= 15 is 0 Å². The molecule has 0 atom stereocenters. The third kappa shape index (κ3) is 4.07. The average Bonchev–Trinajstić information content (AvgIpc) is 3.43. The molecule has 1 saturated carbocycles. The number of rotatable bonds is 6. The molecule has 1 aliphatic carbocycles. The normalized spacial score (nSPS) is 13.6. The largest absolute Gasteiger partial charge is 0.346 e. The smallest absolute Gasteiger partial charge is 0.254 e. The van der Waals surface area contributed by atoms with Crippen molar-refractivity contribution in [2.75, 3.05) is 0 Å². The predicted octanol–water partition coefficient (Wildman–Crippen LogP) is 4.59. The lowest BCUT2D eigenvalue weighted by atomic mass is 10.1. The van der Waals surface area contributed by atoms with Gasteiger partial charge in [0.05, 0.1) is 36.2 Å². The van der Waals surface area contributed by atoms with Gasteiger partial charge in [-0.05, 0) is 54.0 Å². The molecule has 6 rings (SSSR count). The number of nitrogens with zero attached hydrogens (tertiary/aromatic N) is 5. The third-order valence-electron chi connectivity index (χ3n) is 6.02. The summed E-state index contributed by atoms with van der Waals surface area (Å²) in [7, 11) is 0. The van der Waals surface area contributed by atoms with Gasteiger partial charge in [0.2, 0.25) is 0 Å². The second-order valence-corrected chi connectivity index (χ2v) is 8.90. The molecule has 33 heavy (non-hydrogen) atoms. The minimum absolute atomic E-state index is 0.203. The lowest BCUT2D eigenvalue weighted by Crippen LogP contribution is -2.23. The zero-order valence-corrected chi connectivity index (χ0v) is 18.5. The first-order valence-corrected chi connectivity index (χ1v) is 11.3. The molecule has 1 aliphatic rings. The molecule has 0 radical (unpaired) electrons. The lowest BCUT2D eigenvalue weighted by Gasteiger charge is -2.07. The summed E-state index contributed by atoms with van der Waals surface area (Å²) in [5.41, 5.74) is 4.45. The van der Waals surface area contributed by atoms with Gasteiger partial charge < -0.3 is 9.72 Å². The van der Waals surface area contributed by atoms with Crippen LogP contribution in [0.2, 0.25) is 5.02 Å². The van der Waals surface area contributed by atoms with Crippen LogP contribution in [0.1, 0.15) is 46.1 Å². The fraction of sp³-hybridized carbons (Fsp3) is 0.200. The minimum atomic E-state index is -0.203. The van der Waals surface area contributed by atoms with E-state index in [1.165, 1.54) is 18.4 Å². The summed E-state index contributed by atoms with van der Waals surface area (Å²) >= 11 is 6.14. The molecule has 8 heteroatoms. The molecular formula is C25H21ClN6O. The van der Waals surface area contributed by atoms with E-state index in [0.29, 0.717) is 29.6 Å². The van der Waals surface area contributed by atoms with Gasteiger partial charge in [-0.2, -0.15) is 5.10 Å². The number of hydrogen-bond acceptors (Lipinski definition) is 4. The molecule has 1 fully saturated rings. The molecule has 0 aliphatic heterocycles. The summed E-state index contributed by atoms with van der Waals surface area (Å²) in [5.74, 6) is 0.500. The maximum absolute atomic E-state index is 12.7. The number of nitrogens with one attached hydrogen (secondary N) is 1. The molecule has 1 amide bonds. The molecule has 4 aromatic heterocycles. The van der Waals surface area contributed by atoms with Crippen LogP contribution in [0.4, 0.5) is 0 Å². The van der Waals surface area contributed by atoms with Crippen LogP contribution in [-0.2, 0) is 13.1 Å². The third-order valence-corrected chi connectivity index (χ3v) is 6.25. The first-order chi connectivity index (χ1) is 16.1.